The molecule has 0 bridgehead atoms. The second kappa shape index (κ2) is 14.3. The van der Waals surface area contributed by atoms with Gasteiger partial charge in [-0.1, -0.05) is 42.5 Å². The molecule has 1 saturated heterocycles. The first-order valence-electron chi connectivity index (χ1n) is 11.2. The number of rotatable bonds is 9. The minimum absolute atomic E-state index is 0. The SMILES string of the molecule is CCNC(=NCCc1cccc(OCCCc2ccccc2)c1)N1CCC(O)CC1.I. The third-order valence-corrected chi connectivity index (χ3v) is 5.38. The van der Waals surface area contributed by atoms with Crippen LogP contribution in [-0.4, -0.2) is 54.9 Å². The number of benzene rings is 2. The molecule has 0 unspecified atom stereocenters. The lowest BCUT2D eigenvalue weighted by atomic mass is 10.1. The molecule has 0 radical (unpaired) electrons. The highest BCUT2D eigenvalue weighted by molar-refractivity contribution is 14.0. The highest BCUT2D eigenvalue weighted by atomic mass is 127. The Labute approximate surface area is 203 Å². The van der Waals surface area contributed by atoms with Crippen LogP contribution >= 0.6 is 24.0 Å². The van der Waals surface area contributed by atoms with Crippen LogP contribution in [0, 0.1) is 0 Å². The van der Waals surface area contributed by atoms with E-state index in [1.165, 1.54) is 11.1 Å². The van der Waals surface area contributed by atoms with Gasteiger partial charge >= 0.3 is 0 Å². The number of guanidine groups is 1. The number of nitrogens with zero attached hydrogens (tertiary/aromatic N) is 2. The van der Waals surface area contributed by atoms with Gasteiger partial charge in [-0.2, -0.15) is 0 Å². The van der Waals surface area contributed by atoms with Gasteiger partial charge in [-0.15, -0.1) is 24.0 Å². The summed E-state index contributed by atoms with van der Waals surface area (Å²) >= 11 is 0. The summed E-state index contributed by atoms with van der Waals surface area (Å²) in [7, 11) is 0. The number of nitrogens with one attached hydrogen (secondary N) is 1. The second-order valence-corrected chi connectivity index (χ2v) is 7.79. The topological polar surface area (TPSA) is 57.1 Å². The van der Waals surface area contributed by atoms with E-state index < -0.39 is 0 Å². The van der Waals surface area contributed by atoms with E-state index in [1.54, 1.807) is 0 Å². The Morgan fingerprint density at radius 2 is 1.81 bits per heavy atom. The maximum Gasteiger partial charge on any atom is 0.193 e. The maximum atomic E-state index is 9.73. The fourth-order valence-electron chi connectivity index (χ4n) is 3.70. The number of halogens is 1. The molecule has 1 aliphatic heterocycles. The number of piperidine rings is 1. The molecule has 2 N–H and O–H groups in total. The third kappa shape index (κ3) is 9.07. The van der Waals surface area contributed by atoms with Crippen LogP contribution in [0.2, 0.25) is 0 Å². The normalized spacial score (nSPS) is 14.8. The van der Waals surface area contributed by atoms with Crippen molar-refractivity contribution in [3.05, 3.63) is 65.7 Å². The number of aryl methyl sites for hydroxylation is 1. The zero-order valence-electron chi connectivity index (χ0n) is 18.5. The average molecular weight is 537 g/mol. The van der Waals surface area contributed by atoms with Crippen LogP contribution < -0.4 is 10.1 Å². The van der Waals surface area contributed by atoms with Gasteiger partial charge in [0.25, 0.3) is 0 Å². The number of aliphatic hydroxyl groups excluding tert-OH is 1. The number of likely N-dealkylation sites (tertiary alicyclic amines) is 1. The first kappa shape index (κ1) is 25.5. The number of aliphatic hydroxyl groups is 1. The molecule has 3 rings (SSSR count). The van der Waals surface area contributed by atoms with Gasteiger partial charge in [0.1, 0.15) is 5.75 Å². The lowest BCUT2D eigenvalue weighted by Crippen LogP contribution is -2.46. The Balaban J connectivity index is 0.00000341. The van der Waals surface area contributed by atoms with Crippen LogP contribution in [0.1, 0.15) is 37.3 Å². The van der Waals surface area contributed by atoms with Crippen molar-refractivity contribution in [2.24, 2.45) is 4.99 Å². The van der Waals surface area contributed by atoms with Crippen molar-refractivity contribution in [2.45, 2.75) is 45.1 Å². The minimum atomic E-state index is -0.167. The van der Waals surface area contributed by atoms with Gasteiger partial charge in [0.15, 0.2) is 5.96 Å². The summed E-state index contributed by atoms with van der Waals surface area (Å²) in [5, 5.41) is 13.1. The smallest absolute Gasteiger partial charge is 0.193 e. The molecule has 6 heteroatoms. The summed E-state index contributed by atoms with van der Waals surface area (Å²) in [5.41, 5.74) is 2.59. The van der Waals surface area contributed by atoms with E-state index >= 15 is 0 Å². The number of hydrogen-bond acceptors (Lipinski definition) is 3. The van der Waals surface area contributed by atoms with Gasteiger partial charge in [-0.3, -0.25) is 4.99 Å². The first-order valence-corrected chi connectivity index (χ1v) is 11.2. The highest BCUT2D eigenvalue weighted by Crippen LogP contribution is 2.15. The Morgan fingerprint density at radius 1 is 1.06 bits per heavy atom. The Kier molecular flexibility index (Phi) is 11.7. The molecular formula is C25H36IN3O2. The van der Waals surface area contributed by atoms with Crippen LogP contribution in [0.15, 0.2) is 59.6 Å². The van der Waals surface area contributed by atoms with E-state index in [0.29, 0.717) is 0 Å². The van der Waals surface area contributed by atoms with Crippen LogP contribution in [0.4, 0.5) is 0 Å². The van der Waals surface area contributed by atoms with Crippen molar-refractivity contribution in [3.63, 3.8) is 0 Å². The summed E-state index contributed by atoms with van der Waals surface area (Å²) < 4.78 is 5.96. The summed E-state index contributed by atoms with van der Waals surface area (Å²) in [5.74, 6) is 1.89. The van der Waals surface area contributed by atoms with Crippen molar-refractivity contribution in [1.29, 1.82) is 0 Å². The molecule has 0 atom stereocenters. The molecule has 0 spiro atoms. The zero-order valence-corrected chi connectivity index (χ0v) is 20.8. The predicted octanol–water partition coefficient (Wildman–Crippen LogP) is 4.28. The molecule has 0 amide bonds. The van der Waals surface area contributed by atoms with E-state index in [4.69, 9.17) is 9.73 Å². The molecule has 1 aliphatic rings. The molecule has 1 heterocycles. The Hall–Kier alpha value is -1.80. The molecule has 170 valence electrons. The molecular weight excluding hydrogens is 501 g/mol. The first-order chi connectivity index (χ1) is 14.7. The fraction of sp³-hybridized carbons (Fsp3) is 0.480. The molecule has 0 saturated carbocycles. The maximum absolute atomic E-state index is 9.73. The lowest BCUT2D eigenvalue weighted by molar-refractivity contribution is 0.108. The summed E-state index contributed by atoms with van der Waals surface area (Å²) in [6.07, 6.45) is 4.39. The molecule has 2 aromatic carbocycles. The molecule has 5 nitrogen and oxygen atoms in total. The standard InChI is InChI=1S/C25H35N3O2.HI/c1-2-26-25(28-17-14-23(29)15-18-28)27-16-13-22-10-6-12-24(20-22)30-19-7-11-21-8-4-3-5-9-21;/h3-6,8-10,12,20,23,29H,2,7,11,13-19H2,1H3,(H,26,27);1H. The van der Waals surface area contributed by atoms with Crippen molar-refractivity contribution >= 4 is 29.9 Å². The summed E-state index contributed by atoms with van der Waals surface area (Å²) in [6.45, 7) is 6.12. The molecule has 1 fully saturated rings. The number of aliphatic imine (C=N–C) groups is 1. The monoisotopic (exact) mass is 537 g/mol. The average Bonchev–Trinajstić information content (AvgIpc) is 2.78. The minimum Gasteiger partial charge on any atom is -0.494 e. The highest BCUT2D eigenvalue weighted by Gasteiger charge is 2.19. The third-order valence-electron chi connectivity index (χ3n) is 5.38. The summed E-state index contributed by atoms with van der Waals surface area (Å²) in [4.78, 5) is 7.06. The molecule has 0 aromatic heterocycles. The van der Waals surface area contributed by atoms with Crippen molar-refractivity contribution < 1.29 is 9.84 Å². The van der Waals surface area contributed by atoms with Crippen molar-refractivity contribution in [1.82, 2.24) is 10.2 Å². The van der Waals surface area contributed by atoms with Gasteiger partial charge in [0.2, 0.25) is 0 Å². The van der Waals surface area contributed by atoms with Gasteiger partial charge in [0.05, 0.1) is 12.7 Å². The van der Waals surface area contributed by atoms with Crippen molar-refractivity contribution in [2.75, 3.05) is 32.8 Å². The number of ether oxygens (including phenoxy) is 1. The van der Waals surface area contributed by atoms with Crippen molar-refractivity contribution in [3.8, 4) is 5.75 Å². The van der Waals surface area contributed by atoms with Gasteiger partial charge in [0, 0.05) is 26.2 Å². The van der Waals surface area contributed by atoms with E-state index in [-0.39, 0.29) is 30.1 Å². The van der Waals surface area contributed by atoms with Crippen LogP contribution in [0.3, 0.4) is 0 Å². The predicted molar refractivity (Wildman–Crippen MR) is 139 cm³/mol. The Morgan fingerprint density at radius 3 is 2.55 bits per heavy atom. The van der Waals surface area contributed by atoms with Crippen LogP contribution in [-0.2, 0) is 12.8 Å². The zero-order chi connectivity index (χ0) is 21.0. The number of hydrogen-bond donors (Lipinski definition) is 2. The van der Waals surface area contributed by atoms with Gasteiger partial charge in [-0.05, 0) is 62.3 Å². The van der Waals surface area contributed by atoms with E-state index in [9.17, 15) is 5.11 Å². The summed E-state index contributed by atoms with van der Waals surface area (Å²) in [6, 6.07) is 18.9. The van der Waals surface area contributed by atoms with Gasteiger partial charge in [-0.25, -0.2) is 0 Å². The van der Waals surface area contributed by atoms with Crippen LogP contribution in [0.5, 0.6) is 5.75 Å². The van der Waals surface area contributed by atoms with E-state index in [2.05, 4.69) is 59.6 Å². The molecule has 2 aromatic rings. The fourth-order valence-corrected chi connectivity index (χ4v) is 3.70. The van der Waals surface area contributed by atoms with Gasteiger partial charge < -0.3 is 20.1 Å². The quantitative estimate of drug-likeness (QED) is 0.217. The largest absolute Gasteiger partial charge is 0.494 e. The second-order valence-electron chi connectivity index (χ2n) is 7.79. The van der Waals surface area contributed by atoms with E-state index in [1.807, 2.05) is 12.1 Å². The molecule has 31 heavy (non-hydrogen) atoms. The Bertz CT molecular complexity index is 777. The lowest BCUT2D eigenvalue weighted by Gasteiger charge is -2.32. The molecule has 0 aliphatic carbocycles. The van der Waals surface area contributed by atoms with Crippen LogP contribution in [0.25, 0.3) is 0 Å². The van der Waals surface area contributed by atoms with E-state index in [0.717, 1.165) is 76.6 Å².